The van der Waals surface area contributed by atoms with E-state index in [0.717, 1.165) is 24.8 Å². The molecular formula is C18H30N2O3. The first-order valence-electron chi connectivity index (χ1n) is 8.49. The number of nitrogens with one attached hydrogen (secondary N) is 1. The molecule has 1 rings (SSSR count). The Labute approximate surface area is 139 Å². The number of hydrogen-bond donors (Lipinski definition) is 1. The van der Waals surface area contributed by atoms with Crippen LogP contribution in [0.15, 0.2) is 11.6 Å². The fraction of sp³-hybridized carbons (Fsp3) is 0.722. The van der Waals surface area contributed by atoms with Crippen LogP contribution in [0.5, 0.6) is 0 Å². The van der Waals surface area contributed by atoms with Crippen molar-refractivity contribution < 1.29 is 14.4 Å². The molecule has 23 heavy (non-hydrogen) atoms. The van der Waals surface area contributed by atoms with E-state index in [1.54, 1.807) is 0 Å². The monoisotopic (exact) mass is 322 g/mol. The zero-order valence-electron chi connectivity index (χ0n) is 15.2. The van der Waals surface area contributed by atoms with E-state index in [0.29, 0.717) is 6.42 Å². The second-order valence-corrected chi connectivity index (χ2v) is 7.30. The second-order valence-electron chi connectivity index (χ2n) is 7.30. The van der Waals surface area contributed by atoms with Crippen molar-refractivity contribution in [2.75, 3.05) is 0 Å². The molecule has 1 aliphatic rings. The molecule has 1 aliphatic heterocycles. The SMILES string of the molecule is CCC[C@@H]1C(C)=CC(=O)N1C(=O)[C@@H](CCC)NC(=O)C(C)(C)C. The fourth-order valence-corrected chi connectivity index (χ4v) is 2.70. The van der Waals surface area contributed by atoms with Gasteiger partial charge in [-0.05, 0) is 25.3 Å². The summed E-state index contributed by atoms with van der Waals surface area (Å²) in [5.41, 5.74) is 0.348. The van der Waals surface area contributed by atoms with Crippen LogP contribution in [0.3, 0.4) is 0 Å². The largest absolute Gasteiger partial charge is 0.344 e. The van der Waals surface area contributed by atoms with Crippen molar-refractivity contribution in [2.24, 2.45) is 5.41 Å². The number of rotatable bonds is 6. The average molecular weight is 322 g/mol. The lowest BCUT2D eigenvalue weighted by molar-refractivity contribution is -0.146. The third-order valence-electron chi connectivity index (χ3n) is 4.09. The average Bonchev–Trinajstić information content (AvgIpc) is 2.71. The van der Waals surface area contributed by atoms with Gasteiger partial charge in [-0.1, -0.05) is 47.5 Å². The van der Waals surface area contributed by atoms with Crippen LogP contribution in [0.4, 0.5) is 0 Å². The molecule has 0 saturated heterocycles. The summed E-state index contributed by atoms with van der Waals surface area (Å²) in [6.45, 7) is 11.3. The summed E-state index contributed by atoms with van der Waals surface area (Å²) >= 11 is 0. The summed E-state index contributed by atoms with van der Waals surface area (Å²) in [7, 11) is 0. The molecule has 0 aromatic carbocycles. The molecule has 2 atom stereocenters. The maximum atomic E-state index is 12.9. The first-order valence-corrected chi connectivity index (χ1v) is 8.49. The van der Waals surface area contributed by atoms with E-state index < -0.39 is 11.5 Å². The molecule has 5 heteroatoms. The summed E-state index contributed by atoms with van der Waals surface area (Å²) in [6.07, 6.45) is 4.47. The Morgan fingerprint density at radius 1 is 1.26 bits per heavy atom. The van der Waals surface area contributed by atoms with Crippen LogP contribution in [-0.4, -0.2) is 34.7 Å². The van der Waals surface area contributed by atoms with Gasteiger partial charge >= 0.3 is 0 Å². The van der Waals surface area contributed by atoms with E-state index >= 15 is 0 Å². The van der Waals surface area contributed by atoms with E-state index in [2.05, 4.69) is 5.32 Å². The highest BCUT2D eigenvalue weighted by Gasteiger charge is 2.39. The Bertz CT molecular complexity index is 503. The molecule has 0 aromatic heterocycles. The van der Waals surface area contributed by atoms with Crippen LogP contribution in [0.1, 0.15) is 67.2 Å². The first-order chi connectivity index (χ1) is 10.6. The van der Waals surface area contributed by atoms with Crippen LogP contribution >= 0.6 is 0 Å². The van der Waals surface area contributed by atoms with E-state index in [-0.39, 0.29) is 23.8 Å². The minimum atomic E-state index is -0.644. The molecule has 3 amide bonds. The van der Waals surface area contributed by atoms with Gasteiger partial charge in [0.25, 0.3) is 11.8 Å². The Hall–Kier alpha value is -1.65. The van der Waals surface area contributed by atoms with Gasteiger partial charge < -0.3 is 5.32 Å². The van der Waals surface area contributed by atoms with Crippen LogP contribution < -0.4 is 5.32 Å². The van der Waals surface area contributed by atoms with Gasteiger partial charge in [0.1, 0.15) is 6.04 Å². The highest BCUT2D eigenvalue weighted by molar-refractivity contribution is 6.06. The minimum absolute atomic E-state index is 0.173. The number of carbonyl (C=O) groups is 3. The number of imide groups is 1. The molecule has 1 heterocycles. The smallest absolute Gasteiger partial charge is 0.253 e. The summed E-state index contributed by atoms with van der Waals surface area (Å²) in [4.78, 5) is 38.7. The summed E-state index contributed by atoms with van der Waals surface area (Å²) in [6, 6.07) is -0.819. The highest BCUT2D eigenvalue weighted by atomic mass is 16.2. The third-order valence-corrected chi connectivity index (χ3v) is 4.09. The van der Waals surface area contributed by atoms with Gasteiger partial charge in [0.2, 0.25) is 5.91 Å². The maximum Gasteiger partial charge on any atom is 0.253 e. The van der Waals surface area contributed by atoms with Crippen molar-refractivity contribution >= 4 is 17.7 Å². The Kier molecular flexibility index (Phi) is 6.54. The Morgan fingerprint density at radius 3 is 2.35 bits per heavy atom. The first kappa shape index (κ1) is 19.4. The number of nitrogens with zero attached hydrogens (tertiary/aromatic N) is 1. The Morgan fingerprint density at radius 2 is 1.87 bits per heavy atom. The van der Waals surface area contributed by atoms with Crippen molar-refractivity contribution in [3.8, 4) is 0 Å². The van der Waals surface area contributed by atoms with Gasteiger partial charge in [-0.3, -0.25) is 19.3 Å². The van der Waals surface area contributed by atoms with E-state index in [1.807, 2.05) is 41.5 Å². The third kappa shape index (κ3) is 4.66. The normalized spacial score (nSPS) is 19.6. The summed E-state index contributed by atoms with van der Waals surface area (Å²) < 4.78 is 0. The van der Waals surface area contributed by atoms with E-state index in [9.17, 15) is 14.4 Å². The highest BCUT2D eigenvalue weighted by Crippen LogP contribution is 2.25. The van der Waals surface area contributed by atoms with Gasteiger partial charge in [0.05, 0.1) is 6.04 Å². The van der Waals surface area contributed by atoms with Crippen molar-refractivity contribution in [3.05, 3.63) is 11.6 Å². The zero-order chi connectivity index (χ0) is 17.8. The summed E-state index contributed by atoms with van der Waals surface area (Å²) in [5, 5.41) is 2.83. The van der Waals surface area contributed by atoms with Gasteiger partial charge in [-0.15, -0.1) is 0 Å². The molecule has 0 saturated carbocycles. The molecule has 0 fully saturated rings. The molecule has 0 aromatic rings. The van der Waals surface area contributed by atoms with Crippen molar-refractivity contribution in [1.82, 2.24) is 10.2 Å². The quantitative estimate of drug-likeness (QED) is 0.817. The van der Waals surface area contributed by atoms with Crippen LogP contribution in [-0.2, 0) is 14.4 Å². The molecule has 0 bridgehead atoms. The lowest BCUT2D eigenvalue weighted by atomic mass is 9.94. The van der Waals surface area contributed by atoms with Crippen LogP contribution in [0.2, 0.25) is 0 Å². The fourth-order valence-electron chi connectivity index (χ4n) is 2.70. The zero-order valence-corrected chi connectivity index (χ0v) is 15.2. The topological polar surface area (TPSA) is 66.5 Å². The standard InChI is InChI=1S/C18H30N2O3/c1-7-9-13(19-17(23)18(4,5)6)16(22)20-14(10-8-2)12(3)11-15(20)21/h11,13-14H,7-10H2,1-6H3,(H,19,23)/t13-,14-/m1/s1. The van der Waals surface area contributed by atoms with Crippen molar-refractivity contribution in [3.63, 3.8) is 0 Å². The van der Waals surface area contributed by atoms with Gasteiger partial charge in [0, 0.05) is 11.5 Å². The van der Waals surface area contributed by atoms with Gasteiger partial charge in [0.15, 0.2) is 0 Å². The maximum absolute atomic E-state index is 12.9. The van der Waals surface area contributed by atoms with Crippen LogP contribution in [0, 0.1) is 5.41 Å². The molecule has 0 spiro atoms. The number of carbonyl (C=O) groups excluding carboxylic acids is 3. The summed E-state index contributed by atoms with van der Waals surface area (Å²) in [5.74, 6) is -0.731. The lowest BCUT2D eigenvalue weighted by Crippen LogP contribution is -2.53. The molecule has 5 nitrogen and oxygen atoms in total. The second kappa shape index (κ2) is 7.75. The molecule has 0 aliphatic carbocycles. The van der Waals surface area contributed by atoms with Crippen molar-refractivity contribution in [2.45, 2.75) is 79.3 Å². The van der Waals surface area contributed by atoms with Crippen LogP contribution in [0.25, 0.3) is 0 Å². The van der Waals surface area contributed by atoms with E-state index in [4.69, 9.17) is 0 Å². The minimum Gasteiger partial charge on any atom is -0.344 e. The lowest BCUT2D eigenvalue weighted by Gasteiger charge is -2.30. The molecule has 0 unspecified atom stereocenters. The Balaban J connectivity index is 2.96. The van der Waals surface area contributed by atoms with E-state index in [1.165, 1.54) is 11.0 Å². The molecule has 0 radical (unpaired) electrons. The predicted octanol–water partition coefficient (Wildman–Crippen LogP) is 2.80. The molecule has 130 valence electrons. The number of hydrogen-bond acceptors (Lipinski definition) is 3. The number of amides is 3. The van der Waals surface area contributed by atoms with Gasteiger partial charge in [-0.25, -0.2) is 0 Å². The molecular weight excluding hydrogens is 292 g/mol. The van der Waals surface area contributed by atoms with Gasteiger partial charge in [-0.2, -0.15) is 0 Å². The molecule has 1 N–H and O–H groups in total. The predicted molar refractivity (Wildman–Crippen MR) is 90.6 cm³/mol. The van der Waals surface area contributed by atoms with Crippen molar-refractivity contribution in [1.29, 1.82) is 0 Å².